The summed E-state index contributed by atoms with van der Waals surface area (Å²) in [5.41, 5.74) is 10.8. The fourth-order valence-corrected chi connectivity index (χ4v) is 8.06. The zero-order valence-electron chi connectivity index (χ0n) is 32.0. The van der Waals surface area contributed by atoms with Gasteiger partial charge in [0.05, 0.1) is 5.92 Å². The van der Waals surface area contributed by atoms with Gasteiger partial charge in [0.15, 0.2) is 17.5 Å². The van der Waals surface area contributed by atoms with E-state index in [1.165, 1.54) is 32.7 Å². The summed E-state index contributed by atoms with van der Waals surface area (Å²) >= 11 is 0. The van der Waals surface area contributed by atoms with Crippen LogP contribution in [-0.2, 0) is 0 Å². The van der Waals surface area contributed by atoms with Gasteiger partial charge in [0.25, 0.3) is 0 Å². The third-order valence-corrected chi connectivity index (χ3v) is 11.0. The Morgan fingerprint density at radius 2 is 0.966 bits per heavy atom. The molecule has 9 aromatic rings. The molecule has 8 aromatic carbocycles. The third-order valence-electron chi connectivity index (χ3n) is 11.0. The summed E-state index contributed by atoms with van der Waals surface area (Å²) in [7, 11) is 0. The SMILES string of the molecule is C1#CC(c2cccc(-c3nc(-c4ccccc4)nc(-c4cc(-c5ccc(-c6cccc7ccccc67)cc5)cc(-c5cccc6ccccc56)c4)n3)c2)/C=C\CCC1. The maximum atomic E-state index is 5.26. The second kappa shape index (κ2) is 15.6. The Morgan fingerprint density at radius 3 is 1.71 bits per heavy atom. The van der Waals surface area contributed by atoms with Crippen molar-refractivity contribution in [3.8, 4) is 79.4 Å². The lowest BCUT2D eigenvalue weighted by Gasteiger charge is -2.14. The van der Waals surface area contributed by atoms with Crippen LogP contribution in [0.4, 0.5) is 0 Å². The molecule has 3 heteroatoms. The van der Waals surface area contributed by atoms with Gasteiger partial charge in [0, 0.05) is 23.1 Å². The van der Waals surface area contributed by atoms with Crippen molar-refractivity contribution >= 4 is 21.5 Å². The van der Waals surface area contributed by atoms with Gasteiger partial charge in [-0.25, -0.2) is 15.0 Å². The van der Waals surface area contributed by atoms with Crippen LogP contribution in [0.3, 0.4) is 0 Å². The van der Waals surface area contributed by atoms with Gasteiger partial charge in [-0.15, -0.1) is 5.92 Å². The minimum Gasteiger partial charge on any atom is -0.208 e. The molecule has 58 heavy (non-hydrogen) atoms. The number of rotatable bonds is 7. The number of fused-ring (bicyclic) bond motifs is 2. The summed E-state index contributed by atoms with van der Waals surface area (Å²) < 4.78 is 0. The summed E-state index contributed by atoms with van der Waals surface area (Å²) in [5, 5.41) is 4.88. The lowest BCUT2D eigenvalue weighted by Crippen LogP contribution is -2.01. The van der Waals surface area contributed by atoms with E-state index in [9.17, 15) is 0 Å². The van der Waals surface area contributed by atoms with Crippen LogP contribution in [0, 0.1) is 11.8 Å². The second-order valence-electron chi connectivity index (χ2n) is 14.8. The molecule has 3 nitrogen and oxygen atoms in total. The molecule has 1 heterocycles. The van der Waals surface area contributed by atoms with E-state index in [0.717, 1.165) is 63.8 Å². The Bertz CT molecular complexity index is 3030. The Balaban J connectivity index is 1.14. The average molecular weight is 742 g/mol. The van der Waals surface area contributed by atoms with Crippen LogP contribution in [0.5, 0.6) is 0 Å². The quantitative estimate of drug-likeness (QED) is 0.121. The van der Waals surface area contributed by atoms with E-state index in [4.69, 9.17) is 15.0 Å². The second-order valence-corrected chi connectivity index (χ2v) is 14.8. The Labute approximate surface area is 339 Å². The third kappa shape index (κ3) is 7.09. The molecule has 0 spiro atoms. The van der Waals surface area contributed by atoms with Crippen LogP contribution in [0.25, 0.3) is 89.1 Å². The number of nitrogens with zero attached hydrogens (tertiary/aromatic N) is 3. The van der Waals surface area contributed by atoms with Gasteiger partial charge in [0.2, 0.25) is 0 Å². The summed E-state index contributed by atoms with van der Waals surface area (Å²) in [6.07, 6.45) is 7.57. The fraction of sp³-hybridized carbons (Fsp3) is 0.0727. The monoisotopic (exact) mass is 741 g/mol. The van der Waals surface area contributed by atoms with Gasteiger partial charge in [-0.2, -0.15) is 0 Å². The van der Waals surface area contributed by atoms with Crippen molar-refractivity contribution in [1.82, 2.24) is 15.0 Å². The van der Waals surface area contributed by atoms with Crippen molar-refractivity contribution < 1.29 is 0 Å². The molecular weight excluding hydrogens is 703 g/mol. The molecule has 1 unspecified atom stereocenters. The summed E-state index contributed by atoms with van der Waals surface area (Å²) in [5.74, 6) is 8.77. The highest BCUT2D eigenvalue weighted by Crippen LogP contribution is 2.38. The predicted molar refractivity (Wildman–Crippen MR) is 241 cm³/mol. The summed E-state index contributed by atoms with van der Waals surface area (Å²) in [6.45, 7) is 0. The van der Waals surface area contributed by atoms with Gasteiger partial charge >= 0.3 is 0 Å². The van der Waals surface area contributed by atoms with E-state index >= 15 is 0 Å². The molecular formula is C55H39N3. The lowest BCUT2D eigenvalue weighted by molar-refractivity contribution is 0.870. The molecule has 274 valence electrons. The largest absolute Gasteiger partial charge is 0.208 e. The van der Waals surface area contributed by atoms with Crippen LogP contribution in [0.1, 0.15) is 30.7 Å². The average Bonchev–Trinajstić information content (AvgIpc) is 3.28. The highest BCUT2D eigenvalue weighted by atomic mass is 15.0. The van der Waals surface area contributed by atoms with E-state index in [1.54, 1.807) is 0 Å². The molecule has 0 radical (unpaired) electrons. The maximum Gasteiger partial charge on any atom is 0.164 e. The molecule has 1 aliphatic carbocycles. The number of allylic oxidation sites excluding steroid dienone is 2. The van der Waals surface area contributed by atoms with Crippen LogP contribution in [-0.4, -0.2) is 15.0 Å². The first-order valence-electron chi connectivity index (χ1n) is 20.0. The number of hydrogen-bond donors (Lipinski definition) is 0. The molecule has 1 atom stereocenters. The van der Waals surface area contributed by atoms with Crippen molar-refractivity contribution in [2.45, 2.75) is 25.2 Å². The first kappa shape index (κ1) is 35.0. The van der Waals surface area contributed by atoms with E-state index in [1.807, 2.05) is 18.2 Å². The van der Waals surface area contributed by atoms with Gasteiger partial charge in [-0.1, -0.05) is 176 Å². The topological polar surface area (TPSA) is 38.7 Å². The zero-order valence-corrected chi connectivity index (χ0v) is 32.0. The molecule has 1 aliphatic rings. The maximum absolute atomic E-state index is 5.26. The van der Waals surface area contributed by atoms with Crippen molar-refractivity contribution in [2.24, 2.45) is 0 Å². The van der Waals surface area contributed by atoms with Gasteiger partial charge in [0.1, 0.15) is 0 Å². The summed E-state index contributed by atoms with van der Waals surface area (Å²) in [4.78, 5) is 15.6. The van der Waals surface area contributed by atoms with Crippen molar-refractivity contribution in [3.05, 3.63) is 200 Å². The molecule has 0 saturated carbocycles. The van der Waals surface area contributed by atoms with Gasteiger partial charge in [-0.05, 0) is 97.6 Å². The number of hydrogen-bond acceptors (Lipinski definition) is 3. The summed E-state index contributed by atoms with van der Waals surface area (Å²) in [6, 6.07) is 64.6. The van der Waals surface area contributed by atoms with Crippen LogP contribution < -0.4 is 0 Å². The van der Waals surface area contributed by atoms with E-state index in [0.29, 0.717) is 17.5 Å². The molecule has 1 aromatic heterocycles. The first-order chi connectivity index (χ1) is 28.7. The van der Waals surface area contributed by atoms with E-state index in [-0.39, 0.29) is 5.92 Å². The van der Waals surface area contributed by atoms with Crippen LogP contribution >= 0.6 is 0 Å². The number of benzene rings is 8. The van der Waals surface area contributed by atoms with E-state index in [2.05, 4.69) is 188 Å². The molecule has 0 N–H and O–H groups in total. The molecule has 0 saturated heterocycles. The Hall–Kier alpha value is -7.41. The minimum atomic E-state index is 0.0297. The molecule has 0 aliphatic heterocycles. The molecule has 0 amide bonds. The number of aromatic nitrogens is 3. The standard InChI is InChI=1S/C55H39N3/c1-2-5-16-38(17-6-3-1)44-24-13-25-45(34-44)54-56-53(43-20-7-4-8-21-43)57-55(58-54)48-36-46(35-47(37-48)52-29-15-23-41-19-10-12-27-50(41)52)39-30-32-42(33-31-39)51-28-14-22-40-18-9-11-26-49(40)51/h4-5,7-16,18-38H,1-3H2/b16-5-. The smallest absolute Gasteiger partial charge is 0.164 e. The van der Waals surface area contributed by atoms with Gasteiger partial charge in [-0.3, -0.25) is 0 Å². The molecule has 10 rings (SSSR count). The lowest BCUT2D eigenvalue weighted by atomic mass is 9.92. The van der Waals surface area contributed by atoms with Crippen molar-refractivity contribution in [3.63, 3.8) is 0 Å². The van der Waals surface area contributed by atoms with Crippen molar-refractivity contribution in [2.75, 3.05) is 0 Å². The van der Waals surface area contributed by atoms with Crippen LogP contribution in [0.15, 0.2) is 194 Å². The molecule has 0 bridgehead atoms. The predicted octanol–water partition coefficient (Wildman–Crippen LogP) is 14.0. The molecule has 0 fully saturated rings. The van der Waals surface area contributed by atoms with E-state index < -0.39 is 0 Å². The zero-order chi connectivity index (χ0) is 38.7. The fourth-order valence-electron chi connectivity index (χ4n) is 8.06. The normalized spacial score (nSPS) is 14.3. The highest BCUT2D eigenvalue weighted by molar-refractivity contribution is 5.99. The Kier molecular flexibility index (Phi) is 9.43. The Morgan fingerprint density at radius 1 is 0.414 bits per heavy atom. The van der Waals surface area contributed by atoms with Crippen molar-refractivity contribution in [1.29, 1.82) is 0 Å². The minimum absolute atomic E-state index is 0.0297. The highest BCUT2D eigenvalue weighted by Gasteiger charge is 2.17. The van der Waals surface area contributed by atoms with Gasteiger partial charge < -0.3 is 0 Å². The van der Waals surface area contributed by atoms with Crippen LogP contribution in [0.2, 0.25) is 0 Å². The first-order valence-corrected chi connectivity index (χ1v) is 20.0.